The van der Waals surface area contributed by atoms with E-state index >= 15 is 0 Å². The van der Waals surface area contributed by atoms with Crippen LogP contribution >= 0.6 is 11.3 Å². The molecule has 0 aliphatic rings. The van der Waals surface area contributed by atoms with Crippen LogP contribution in [0.25, 0.3) is 10.6 Å². The Morgan fingerprint density at radius 3 is 2.56 bits per heavy atom. The first-order valence-corrected chi connectivity index (χ1v) is 5.20. The van der Waals surface area contributed by atoms with Gasteiger partial charge in [0, 0.05) is 6.07 Å². The van der Waals surface area contributed by atoms with Gasteiger partial charge in [-0.3, -0.25) is 4.79 Å². The van der Waals surface area contributed by atoms with Gasteiger partial charge in [0.25, 0.3) is 0 Å². The maximum Gasteiger partial charge on any atom is 0.416 e. The lowest BCUT2D eigenvalue weighted by Crippen LogP contribution is -2.13. The number of halogens is 3. The molecule has 0 aliphatic carbocycles. The Labute approximate surface area is 92.4 Å². The fourth-order valence-electron chi connectivity index (χ4n) is 1.27. The third kappa shape index (κ3) is 2.16. The Morgan fingerprint density at radius 1 is 1.25 bits per heavy atom. The van der Waals surface area contributed by atoms with Crippen molar-refractivity contribution in [1.29, 1.82) is 0 Å². The number of nitrogens with one attached hydrogen (secondary N) is 1. The van der Waals surface area contributed by atoms with Gasteiger partial charge in [0.1, 0.15) is 0 Å². The molecule has 0 unspecified atom stereocenters. The molecule has 2 rings (SSSR count). The van der Waals surface area contributed by atoms with Gasteiger partial charge in [-0.05, 0) is 17.5 Å². The van der Waals surface area contributed by atoms with Crippen LogP contribution in [-0.2, 0) is 6.18 Å². The molecule has 0 saturated carbocycles. The second-order valence-corrected chi connectivity index (χ2v) is 4.07. The minimum absolute atomic E-state index is 0.190. The first-order chi connectivity index (χ1) is 7.47. The number of thiophene rings is 1. The van der Waals surface area contributed by atoms with Crippen LogP contribution in [0.15, 0.2) is 34.4 Å². The van der Waals surface area contributed by atoms with Crippen LogP contribution in [0.4, 0.5) is 13.2 Å². The summed E-state index contributed by atoms with van der Waals surface area (Å²) in [5, 5.41) is 1.73. The van der Waals surface area contributed by atoms with Gasteiger partial charge in [0.15, 0.2) is 0 Å². The van der Waals surface area contributed by atoms with Crippen molar-refractivity contribution >= 4 is 11.3 Å². The molecule has 0 bridgehead atoms. The SMILES string of the molecule is O=c1cc(C(F)(F)F)cc(-c2cccs2)[nH]1. The van der Waals surface area contributed by atoms with Crippen molar-refractivity contribution in [2.45, 2.75) is 6.18 Å². The van der Waals surface area contributed by atoms with E-state index in [1.807, 2.05) is 0 Å². The summed E-state index contributed by atoms with van der Waals surface area (Å²) >= 11 is 1.27. The van der Waals surface area contributed by atoms with E-state index in [2.05, 4.69) is 4.98 Å². The number of rotatable bonds is 1. The van der Waals surface area contributed by atoms with E-state index in [0.29, 0.717) is 10.9 Å². The van der Waals surface area contributed by atoms with Crippen molar-refractivity contribution in [3.05, 3.63) is 45.6 Å². The smallest absolute Gasteiger partial charge is 0.321 e. The van der Waals surface area contributed by atoms with Gasteiger partial charge in [0.05, 0.1) is 16.1 Å². The fraction of sp³-hybridized carbons (Fsp3) is 0.100. The number of hydrogen-bond acceptors (Lipinski definition) is 2. The second kappa shape index (κ2) is 3.79. The largest absolute Gasteiger partial charge is 0.416 e. The highest BCUT2D eigenvalue weighted by Crippen LogP contribution is 2.31. The number of H-pyrrole nitrogens is 1. The van der Waals surface area contributed by atoms with Crippen LogP contribution < -0.4 is 5.56 Å². The average molecular weight is 245 g/mol. The third-order valence-corrected chi connectivity index (χ3v) is 2.86. The number of aromatic amines is 1. The Balaban J connectivity index is 2.57. The lowest BCUT2D eigenvalue weighted by Gasteiger charge is -2.07. The minimum atomic E-state index is -4.50. The van der Waals surface area contributed by atoms with E-state index in [1.54, 1.807) is 17.5 Å². The third-order valence-electron chi connectivity index (χ3n) is 1.96. The summed E-state index contributed by atoms with van der Waals surface area (Å²) in [5.41, 5.74) is -1.49. The van der Waals surface area contributed by atoms with Crippen molar-refractivity contribution in [1.82, 2.24) is 4.98 Å². The maximum absolute atomic E-state index is 12.4. The molecule has 2 heterocycles. The molecule has 6 heteroatoms. The molecular formula is C10H6F3NOS. The molecule has 2 aromatic rings. The van der Waals surface area contributed by atoms with Crippen LogP contribution in [0.3, 0.4) is 0 Å². The number of pyridine rings is 1. The van der Waals surface area contributed by atoms with Crippen LogP contribution in [0.1, 0.15) is 5.56 Å². The highest BCUT2D eigenvalue weighted by atomic mass is 32.1. The topological polar surface area (TPSA) is 32.9 Å². The van der Waals surface area contributed by atoms with Gasteiger partial charge in [-0.15, -0.1) is 11.3 Å². The zero-order chi connectivity index (χ0) is 11.8. The fourth-order valence-corrected chi connectivity index (χ4v) is 1.97. The second-order valence-electron chi connectivity index (χ2n) is 3.12. The predicted octanol–water partition coefficient (Wildman–Crippen LogP) is 3.12. The normalized spacial score (nSPS) is 11.7. The molecule has 1 N–H and O–H groups in total. The van der Waals surface area contributed by atoms with Crippen molar-refractivity contribution in [2.24, 2.45) is 0 Å². The van der Waals surface area contributed by atoms with E-state index in [4.69, 9.17) is 0 Å². The summed E-state index contributed by atoms with van der Waals surface area (Å²) in [7, 11) is 0. The summed E-state index contributed by atoms with van der Waals surface area (Å²) in [6, 6.07) is 4.85. The monoisotopic (exact) mass is 245 g/mol. The molecule has 0 amide bonds. The highest BCUT2D eigenvalue weighted by Gasteiger charge is 2.31. The lowest BCUT2D eigenvalue weighted by atomic mass is 10.2. The van der Waals surface area contributed by atoms with Crippen molar-refractivity contribution in [2.75, 3.05) is 0 Å². The van der Waals surface area contributed by atoms with Gasteiger partial charge < -0.3 is 4.98 Å². The predicted molar refractivity (Wildman–Crippen MR) is 55.4 cm³/mol. The van der Waals surface area contributed by atoms with Gasteiger partial charge >= 0.3 is 6.18 Å². The molecule has 2 nitrogen and oxygen atoms in total. The minimum Gasteiger partial charge on any atom is -0.321 e. The van der Waals surface area contributed by atoms with E-state index in [9.17, 15) is 18.0 Å². The quantitative estimate of drug-likeness (QED) is 0.822. The zero-order valence-corrected chi connectivity index (χ0v) is 8.65. The molecule has 0 saturated heterocycles. The Morgan fingerprint density at radius 2 is 2.00 bits per heavy atom. The first-order valence-electron chi connectivity index (χ1n) is 4.32. The van der Waals surface area contributed by atoms with Gasteiger partial charge in [-0.25, -0.2) is 0 Å². The van der Waals surface area contributed by atoms with Crippen molar-refractivity contribution in [3.63, 3.8) is 0 Å². The van der Waals surface area contributed by atoms with E-state index in [0.717, 1.165) is 6.07 Å². The van der Waals surface area contributed by atoms with Crippen molar-refractivity contribution in [3.8, 4) is 10.6 Å². The molecule has 0 atom stereocenters. The Hall–Kier alpha value is -1.56. The van der Waals surface area contributed by atoms with Gasteiger partial charge in [0.2, 0.25) is 5.56 Å². The molecule has 0 spiro atoms. The first kappa shape index (κ1) is 10.9. The van der Waals surface area contributed by atoms with E-state index in [1.165, 1.54) is 11.3 Å². The number of hydrogen-bond donors (Lipinski definition) is 1. The number of alkyl halides is 3. The van der Waals surface area contributed by atoms with Crippen LogP contribution in [0.5, 0.6) is 0 Å². The van der Waals surface area contributed by atoms with Gasteiger partial charge in [-0.2, -0.15) is 13.2 Å². The van der Waals surface area contributed by atoms with Crippen LogP contribution in [0.2, 0.25) is 0 Å². The molecule has 0 aliphatic heterocycles. The van der Waals surface area contributed by atoms with E-state index in [-0.39, 0.29) is 5.69 Å². The highest BCUT2D eigenvalue weighted by molar-refractivity contribution is 7.13. The zero-order valence-electron chi connectivity index (χ0n) is 7.84. The van der Waals surface area contributed by atoms with Crippen LogP contribution in [-0.4, -0.2) is 4.98 Å². The molecule has 0 aromatic carbocycles. The summed E-state index contributed by atoms with van der Waals surface area (Å²) in [5.74, 6) is 0. The molecule has 16 heavy (non-hydrogen) atoms. The van der Waals surface area contributed by atoms with Gasteiger partial charge in [-0.1, -0.05) is 6.07 Å². The van der Waals surface area contributed by atoms with Crippen molar-refractivity contribution < 1.29 is 13.2 Å². The Kier molecular flexibility index (Phi) is 2.59. The lowest BCUT2D eigenvalue weighted by molar-refractivity contribution is -0.137. The van der Waals surface area contributed by atoms with Crippen LogP contribution in [0, 0.1) is 0 Å². The summed E-state index contributed by atoms with van der Waals surface area (Å²) < 4.78 is 37.3. The average Bonchev–Trinajstić information content (AvgIpc) is 2.68. The molecule has 0 radical (unpaired) electrons. The Bertz CT molecular complexity index is 542. The number of aromatic nitrogens is 1. The summed E-state index contributed by atoms with van der Waals surface area (Å²) in [6.07, 6.45) is -4.50. The standard InChI is InChI=1S/C10H6F3NOS/c11-10(12,13)6-4-7(14-9(15)5-6)8-2-1-3-16-8/h1-5H,(H,14,15). The molecular weight excluding hydrogens is 239 g/mol. The molecule has 2 aromatic heterocycles. The summed E-state index contributed by atoms with van der Waals surface area (Å²) in [6.45, 7) is 0. The summed E-state index contributed by atoms with van der Waals surface area (Å²) in [4.78, 5) is 14.1. The molecule has 0 fully saturated rings. The molecule has 84 valence electrons. The van der Waals surface area contributed by atoms with E-state index < -0.39 is 17.3 Å². The maximum atomic E-state index is 12.4.